The lowest BCUT2D eigenvalue weighted by molar-refractivity contribution is -0.384. The van der Waals surface area contributed by atoms with E-state index in [1.165, 1.54) is 16.7 Å². The minimum Gasteiger partial charge on any atom is -0.481 e. The molecule has 0 saturated carbocycles. The number of rotatable bonds is 10. The van der Waals surface area contributed by atoms with E-state index in [4.69, 9.17) is 9.47 Å². The van der Waals surface area contributed by atoms with Crippen molar-refractivity contribution in [2.75, 3.05) is 6.61 Å². The smallest absolute Gasteiger partial charge is 0.297 e. The predicted octanol–water partition coefficient (Wildman–Crippen LogP) is 4.97. The predicted molar refractivity (Wildman–Crippen MR) is 110 cm³/mol. The van der Waals surface area contributed by atoms with Crippen LogP contribution in [0.5, 0.6) is 11.5 Å². The molecule has 0 atom stereocenters. The molecule has 0 aliphatic heterocycles. The molecule has 7 nitrogen and oxygen atoms in total. The fourth-order valence-electron chi connectivity index (χ4n) is 2.88. The Hall–Kier alpha value is -3.09. The lowest BCUT2D eigenvalue weighted by atomic mass is 10.1. The van der Waals surface area contributed by atoms with Crippen LogP contribution in [0.25, 0.3) is 10.9 Å². The van der Waals surface area contributed by atoms with Gasteiger partial charge in [0.25, 0.3) is 11.2 Å². The van der Waals surface area contributed by atoms with Gasteiger partial charge in [0.2, 0.25) is 5.75 Å². The molecule has 0 fully saturated rings. The Morgan fingerprint density at radius 3 is 2.64 bits per heavy atom. The maximum Gasteiger partial charge on any atom is 0.297 e. The molecule has 2 aromatic rings. The largest absolute Gasteiger partial charge is 0.481 e. The Kier molecular flexibility index (Phi) is 7.37. The van der Waals surface area contributed by atoms with Crippen molar-refractivity contribution < 1.29 is 14.4 Å². The summed E-state index contributed by atoms with van der Waals surface area (Å²) in [7, 11) is 0. The van der Waals surface area contributed by atoms with E-state index < -0.39 is 4.92 Å². The first-order valence-corrected chi connectivity index (χ1v) is 9.40. The SMILES string of the molecule is C=CCOc1c(OC(=CC)CC)c2ccc([N+](=O)[O-])cc2n(CCCC)c1=O. The maximum absolute atomic E-state index is 13.2. The summed E-state index contributed by atoms with van der Waals surface area (Å²) < 4.78 is 13.2. The Balaban J connectivity index is 2.86. The maximum atomic E-state index is 13.2. The number of pyridine rings is 1. The van der Waals surface area contributed by atoms with Gasteiger partial charge in [-0.3, -0.25) is 14.9 Å². The summed E-state index contributed by atoms with van der Waals surface area (Å²) in [6.45, 7) is 10.0. The lowest BCUT2D eigenvalue weighted by Gasteiger charge is -2.18. The molecule has 0 unspecified atom stereocenters. The highest BCUT2D eigenvalue weighted by Gasteiger charge is 2.22. The van der Waals surface area contributed by atoms with E-state index >= 15 is 0 Å². The second kappa shape index (κ2) is 9.73. The summed E-state index contributed by atoms with van der Waals surface area (Å²) in [5.41, 5.74) is 0.00891. The number of nitrogens with zero attached hydrogens (tertiary/aromatic N) is 2. The zero-order valence-electron chi connectivity index (χ0n) is 16.6. The summed E-state index contributed by atoms with van der Waals surface area (Å²) in [5, 5.41) is 11.9. The zero-order valence-corrected chi connectivity index (χ0v) is 16.6. The number of unbranched alkanes of at least 4 members (excludes halogenated alkanes) is 1. The van der Waals surface area contributed by atoms with Crippen LogP contribution in [0.2, 0.25) is 0 Å². The average molecular weight is 386 g/mol. The second-order valence-electron chi connectivity index (χ2n) is 6.24. The number of fused-ring (bicyclic) bond motifs is 1. The van der Waals surface area contributed by atoms with Gasteiger partial charge in [-0.25, -0.2) is 0 Å². The number of aryl methyl sites for hydroxylation is 1. The Morgan fingerprint density at radius 1 is 1.32 bits per heavy atom. The van der Waals surface area contributed by atoms with Gasteiger partial charge >= 0.3 is 0 Å². The quantitative estimate of drug-likeness (QED) is 0.249. The second-order valence-corrected chi connectivity index (χ2v) is 6.24. The first kappa shape index (κ1) is 21.2. The normalized spacial score (nSPS) is 11.5. The van der Waals surface area contributed by atoms with Crippen LogP contribution in [-0.4, -0.2) is 16.1 Å². The van der Waals surface area contributed by atoms with Gasteiger partial charge in [0.05, 0.1) is 16.2 Å². The van der Waals surface area contributed by atoms with Gasteiger partial charge in [-0.15, -0.1) is 0 Å². The number of nitro benzene ring substituents is 1. The van der Waals surface area contributed by atoms with Crippen LogP contribution >= 0.6 is 0 Å². The molecular formula is C21H26N2O5. The number of non-ortho nitro benzene ring substituents is 1. The fraction of sp³-hybridized carbons (Fsp3) is 0.381. The topological polar surface area (TPSA) is 83.6 Å². The minimum atomic E-state index is -0.472. The van der Waals surface area contributed by atoms with Crippen molar-refractivity contribution in [1.29, 1.82) is 0 Å². The standard InChI is InChI=1S/C21H26N2O5/c1-5-9-12-22-18-14-15(23(25)26)10-11-17(18)19(28-16(7-3)8-4)20(21(22)24)27-13-6-2/h6-7,10-11,14H,2,5,8-9,12-13H2,1,3-4H3. The van der Waals surface area contributed by atoms with Gasteiger partial charge < -0.3 is 14.0 Å². The molecule has 0 aliphatic carbocycles. The number of allylic oxidation sites excluding steroid dienone is 2. The summed E-state index contributed by atoms with van der Waals surface area (Å²) in [5.74, 6) is 1.04. The Morgan fingerprint density at radius 2 is 2.07 bits per heavy atom. The molecule has 0 spiro atoms. The molecule has 0 N–H and O–H groups in total. The van der Waals surface area contributed by atoms with Gasteiger partial charge in [0.1, 0.15) is 6.61 Å². The van der Waals surface area contributed by atoms with Gasteiger partial charge in [-0.05, 0) is 25.5 Å². The molecule has 0 saturated heterocycles. The molecule has 2 rings (SSSR count). The molecule has 28 heavy (non-hydrogen) atoms. The number of ether oxygens (including phenoxy) is 2. The molecule has 1 aromatic carbocycles. The minimum absolute atomic E-state index is 0.0791. The van der Waals surface area contributed by atoms with Crippen LogP contribution in [-0.2, 0) is 6.54 Å². The third-order valence-corrected chi connectivity index (χ3v) is 4.36. The van der Waals surface area contributed by atoms with Crippen molar-refractivity contribution in [3.63, 3.8) is 0 Å². The molecule has 0 amide bonds. The van der Waals surface area contributed by atoms with E-state index in [-0.39, 0.29) is 29.4 Å². The highest BCUT2D eigenvalue weighted by Crippen LogP contribution is 2.36. The van der Waals surface area contributed by atoms with Crippen molar-refractivity contribution in [3.8, 4) is 11.5 Å². The van der Waals surface area contributed by atoms with E-state index in [2.05, 4.69) is 6.58 Å². The monoisotopic (exact) mass is 386 g/mol. The summed E-state index contributed by atoms with van der Waals surface area (Å²) >= 11 is 0. The lowest BCUT2D eigenvalue weighted by Crippen LogP contribution is -2.24. The third kappa shape index (κ3) is 4.42. The molecule has 150 valence electrons. The van der Waals surface area contributed by atoms with Gasteiger partial charge in [0, 0.05) is 30.5 Å². The molecule has 1 heterocycles. The summed E-state index contributed by atoms with van der Waals surface area (Å²) in [6.07, 6.45) is 5.63. The highest BCUT2D eigenvalue weighted by atomic mass is 16.6. The number of hydrogen-bond acceptors (Lipinski definition) is 5. The van der Waals surface area contributed by atoms with Crippen molar-refractivity contribution in [3.05, 3.63) is 63.2 Å². The first-order chi connectivity index (χ1) is 13.5. The van der Waals surface area contributed by atoms with Gasteiger partial charge in [0.15, 0.2) is 5.75 Å². The zero-order chi connectivity index (χ0) is 20.7. The first-order valence-electron chi connectivity index (χ1n) is 9.40. The van der Waals surface area contributed by atoms with Gasteiger partial charge in [-0.1, -0.05) is 32.9 Å². The molecule has 7 heteroatoms. The van der Waals surface area contributed by atoms with Crippen LogP contribution in [0.15, 0.2) is 47.5 Å². The van der Waals surface area contributed by atoms with Crippen LogP contribution < -0.4 is 15.0 Å². The van der Waals surface area contributed by atoms with Crippen molar-refractivity contribution in [2.24, 2.45) is 0 Å². The molecular weight excluding hydrogens is 360 g/mol. The number of nitro groups is 1. The number of hydrogen-bond donors (Lipinski definition) is 0. The van der Waals surface area contributed by atoms with E-state index in [0.29, 0.717) is 29.6 Å². The third-order valence-electron chi connectivity index (χ3n) is 4.36. The summed E-state index contributed by atoms with van der Waals surface area (Å²) in [6, 6.07) is 4.43. The van der Waals surface area contributed by atoms with E-state index in [9.17, 15) is 14.9 Å². The Bertz CT molecular complexity index is 959. The van der Waals surface area contributed by atoms with E-state index in [1.54, 1.807) is 12.1 Å². The highest BCUT2D eigenvalue weighted by molar-refractivity contribution is 5.89. The van der Waals surface area contributed by atoms with E-state index in [0.717, 1.165) is 12.8 Å². The molecule has 0 bridgehead atoms. The number of aromatic nitrogens is 1. The van der Waals surface area contributed by atoms with Crippen molar-refractivity contribution in [2.45, 2.75) is 46.6 Å². The van der Waals surface area contributed by atoms with Crippen LogP contribution in [0, 0.1) is 10.1 Å². The van der Waals surface area contributed by atoms with Crippen LogP contribution in [0.1, 0.15) is 40.0 Å². The molecule has 0 radical (unpaired) electrons. The molecule has 1 aromatic heterocycles. The fourth-order valence-corrected chi connectivity index (χ4v) is 2.88. The summed E-state index contributed by atoms with van der Waals surface area (Å²) in [4.78, 5) is 24.0. The molecule has 0 aliphatic rings. The van der Waals surface area contributed by atoms with Crippen molar-refractivity contribution in [1.82, 2.24) is 4.57 Å². The number of benzene rings is 1. The Labute approximate surface area is 164 Å². The van der Waals surface area contributed by atoms with Crippen LogP contribution in [0.4, 0.5) is 5.69 Å². The average Bonchev–Trinajstić information content (AvgIpc) is 2.70. The van der Waals surface area contributed by atoms with E-state index in [1.807, 2.05) is 26.8 Å². The van der Waals surface area contributed by atoms with Crippen LogP contribution in [0.3, 0.4) is 0 Å². The van der Waals surface area contributed by atoms with Gasteiger partial charge in [-0.2, -0.15) is 0 Å². The van der Waals surface area contributed by atoms with Crippen molar-refractivity contribution >= 4 is 16.6 Å².